The maximum absolute atomic E-state index is 10.7. The zero-order valence-electron chi connectivity index (χ0n) is 6.81. The second-order valence-corrected chi connectivity index (χ2v) is 2.16. The van der Waals surface area contributed by atoms with E-state index in [2.05, 4.69) is 10.9 Å². The number of hydrazine groups is 1. The van der Waals surface area contributed by atoms with E-state index in [-0.39, 0.29) is 5.91 Å². The van der Waals surface area contributed by atoms with E-state index in [1.165, 1.54) is 0 Å². The average Bonchev–Trinajstić information content (AvgIpc) is 2.00. The summed E-state index contributed by atoms with van der Waals surface area (Å²) in [5, 5.41) is 6.87. The van der Waals surface area contributed by atoms with Crippen LogP contribution in [0.2, 0.25) is 0 Å². The van der Waals surface area contributed by atoms with Crippen molar-refractivity contribution in [1.82, 2.24) is 10.9 Å². The second kappa shape index (κ2) is 5.11. The lowest BCUT2D eigenvalue weighted by Crippen LogP contribution is -2.46. The molecule has 68 valence electrons. The number of carbonyl (C=O) groups is 2. The van der Waals surface area contributed by atoms with E-state index < -0.39 is 11.7 Å². The van der Waals surface area contributed by atoms with Crippen LogP contribution < -0.4 is 16.6 Å². The molecule has 0 unspecified atom stereocenters. The number of hydrogen-bond donors (Lipinski definition) is 4. The van der Waals surface area contributed by atoms with Gasteiger partial charge in [0.1, 0.15) is 0 Å². The summed E-state index contributed by atoms with van der Waals surface area (Å²) in [6.07, 6.45) is 1.05. The zero-order chi connectivity index (χ0) is 9.56. The van der Waals surface area contributed by atoms with Crippen LogP contribution in [0.5, 0.6) is 0 Å². The summed E-state index contributed by atoms with van der Waals surface area (Å²) in [4.78, 5) is 21.0. The minimum absolute atomic E-state index is 0.275. The van der Waals surface area contributed by atoms with Gasteiger partial charge in [-0.3, -0.25) is 25.8 Å². The molecule has 0 heterocycles. The van der Waals surface area contributed by atoms with Crippen molar-refractivity contribution in [3.8, 4) is 0 Å². The number of hydrogen-bond acceptors (Lipinski definition) is 3. The first kappa shape index (κ1) is 10.4. The van der Waals surface area contributed by atoms with Gasteiger partial charge in [-0.2, -0.15) is 0 Å². The van der Waals surface area contributed by atoms with Gasteiger partial charge in [0.2, 0.25) is 11.7 Å². The van der Waals surface area contributed by atoms with Crippen molar-refractivity contribution in [2.75, 3.05) is 0 Å². The Morgan fingerprint density at radius 2 is 2.00 bits per heavy atom. The Kier molecular flexibility index (Phi) is 4.43. The number of amides is 2. The molecule has 0 radical (unpaired) electrons. The van der Waals surface area contributed by atoms with Crippen molar-refractivity contribution < 1.29 is 9.59 Å². The molecule has 0 saturated carbocycles. The number of nitrogens with two attached hydrogens (primary N) is 1. The van der Waals surface area contributed by atoms with Gasteiger partial charge in [0.05, 0.1) is 0 Å². The molecular weight excluding hydrogens is 160 g/mol. The molecule has 0 aromatic carbocycles. The van der Waals surface area contributed by atoms with Gasteiger partial charge in [-0.15, -0.1) is 0 Å². The van der Waals surface area contributed by atoms with Crippen molar-refractivity contribution in [3.05, 3.63) is 0 Å². The smallest absolute Gasteiger partial charge is 0.285 e. The highest BCUT2D eigenvalue weighted by molar-refractivity contribution is 6.35. The summed E-state index contributed by atoms with van der Waals surface area (Å²) in [5.41, 5.74) is 8.95. The summed E-state index contributed by atoms with van der Waals surface area (Å²) < 4.78 is 0. The van der Waals surface area contributed by atoms with Crippen LogP contribution in [0.4, 0.5) is 0 Å². The van der Waals surface area contributed by atoms with Crippen molar-refractivity contribution in [3.63, 3.8) is 0 Å². The van der Waals surface area contributed by atoms with E-state index in [9.17, 15) is 9.59 Å². The van der Waals surface area contributed by atoms with Crippen LogP contribution in [-0.4, -0.2) is 17.6 Å². The molecule has 0 aliphatic carbocycles. The molecule has 0 aliphatic rings. The van der Waals surface area contributed by atoms with Crippen LogP contribution in [0.3, 0.4) is 0 Å². The highest BCUT2D eigenvalue weighted by Gasteiger charge is 2.04. The van der Waals surface area contributed by atoms with Crippen molar-refractivity contribution in [2.45, 2.75) is 19.8 Å². The van der Waals surface area contributed by atoms with Gasteiger partial charge in [-0.1, -0.05) is 6.92 Å². The summed E-state index contributed by atoms with van der Waals surface area (Å²) in [6.45, 7) is 1.85. The fourth-order valence-electron chi connectivity index (χ4n) is 0.483. The molecule has 0 saturated heterocycles. The fraction of sp³-hybridized carbons (Fsp3) is 0.500. The van der Waals surface area contributed by atoms with Gasteiger partial charge in [0.15, 0.2) is 0 Å². The monoisotopic (exact) mass is 172 g/mol. The third kappa shape index (κ3) is 4.26. The number of amidine groups is 1. The Morgan fingerprint density at radius 1 is 1.42 bits per heavy atom. The molecule has 6 heteroatoms. The van der Waals surface area contributed by atoms with Gasteiger partial charge < -0.3 is 5.73 Å². The third-order valence-corrected chi connectivity index (χ3v) is 1.05. The lowest BCUT2D eigenvalue weighted by atomic mass is 10.3. The van der Waals surface area contributed by atoms with E-state index in [1.54, 1.807) is 0 Å². The Hall–Kier alpha value is -1.59. The summed E-state index contributed by atoms with van der Waals surface area (Å²) in [6, 6.07) is 0. The van der Waals surface area contributed by atoms with Crippen LogP contribution in [0.25, 0.3) is 0 Å². The molecule has 0 spiro atoms. The van der Waals surface area contributed by atoms with Crippen molar-refractivity contribution in [2.24, 2.45) is 5.73 Å². The molecule has 0 rings (SSSR count). The Bertz CT molecular complexity index is 202. The summed E-state index contributed by atoms with van der Waals surface area (Å²) in [7, 11) is 0. The third-order valence-electron chi connectivity index (χ3n) is 1.05. The summed E-state index contributed by atoms with van der Waals surface area (Å²) in [5.74, 6) is -1.71. The van der Waals surface area contributed by atoms with Gasteiger partial charge in [0, 0.05) is 6.42 Å². The second-order valence-electron chi connectivity index (χ2n) is 2.16. The molecule has 0 bridgehead atoms. The van der Waals surface area contributed by atoms with Gasteiger partial charge in [0.25, 0.3) is 5.91 Å². The average molecular weight is 172 g/mol. The number of primary amides is 1. The molecule has 2 amide bonds. The highest BCUT2D eigenvalue weighted by Crippen LogP contribution is 1.83. The minimum atomic E-state index is -0.910. The zero-order valence-corrected chi connectivity index (χ0v) is 6.81. The first-order chi connectivity index (χ1) is 5.57. The van der Waals surface area contributed by atoms with E-state index in [0.29, 0.717) is 12.8 Å². The molecule has 12 heavy (non-hydrogen) atoms. The molecule has 6 nitrogen and oxygen atoms in total. The molecule has 0 atom stereocenters. The molecule has 0 fully saturated rings. The lowest BCUT2D eigenvalue weighted by molar-refractivity contribution is -0.121. The molecule has 0 aromatic heterocycles. The van der Waals surface area contributed by atoms with Crippen LogP contribution in [0, 0.1) is 5.41 Å². The molecule has 0 aromatic rings. The van der Waals surface area contributed by atoms with Gasteiger partial charge in [-0.25, -0.2) is 0 Å². The quantitative estimate of drug-likeness (QED) is 0.240. The Balaban J connectivity index is 3.61. The van der Waals surface area contributed by atoms with Crippen molar-refractivity contribution >= 4 is 17.6 Å². The van der Waals surface area contributed by atoms with Crippen LogP contribution in [0.15, 0.2) is 0 Å². The predicted octanol–water partition coefficient (Wildman–Crippen LogP) is -1.13. The number of carbonyl (C=O) groups excluding carboxylic acids is 2. The van der Waals surface area contributed by atoms with E-state index in [4.69, 9.17) is 11.1 Å². The van der Waals surface area contributed by atoms with Crippen LogP contribution in [0.1, 0.15) is 19.8 Å². The van der Waals surface area contributed by atoms with E-state index in [0.717, 1.165) is 0 Å². The highest BCUT2D eigenvalue weighted by atomic mass is 16.2. The first-order valence-electron chi connectivity index (χ1n) is 3.51. The fourth-order valence-corrected chi connectivity index (χ4v) is 0.483. The molecular formula is C6H12N4O2. The standard InChI is InChI=1S/C6H12N4O2/c1-2-3-4(11)9-10-5(7)6(8)12/h2-3H2,1H3,(H2,7,10)(H2,8,12)(H,9,11). The topological polar surface area (TPSA) is 108 Å². The maximum Gasteiger partial charge on any atom is 0.285 e. The summed E-state index contributed by atoms with van der Waals surface area (Å²) >= 11 is 0. The number of rotatable bonds is 2. The molecule has 5 N–H and O–H groups in total. The Labute approximate surface area is 70.0 Å². The van der Waals surface area contributed by atoms with E-state index in [1.807, 2.05) is 6.92 Å². The SMILES string of the molecule is CCCC(=O)NNC(=N)C(N)=O. The van der Waals surface area contributed by atoms with Gasteiger partial charge in [-0.05, 0) is 6.42 Å². The molecule has 0 aliphatic heterocycles. The van der Waals surface area contributed by atoms with Crippen LogP contribution >= 0.6 is 0 Å². The first-order valence-corrected chi connectivity index (χ1v) is 3.51. The minimum Gasteiger partial charge on any atom is -0.363 e. The predicted molar refractivity (Wildman–Crippen MR) is 43.1 cm³/mol. The maximum atomic E-state index is 10.7. The number of nitrogens with one attached hydrogen (secondary N) is 3. The van der Waals surface area contributed by atoms with Gasteiger partial charge >= 0.3 is 0 Å². The Morgan fingerprint density at radius 3 is 2.42 bits per heavy atom. The van der Waals surface area contributed by atoms with Crippen LogP contribution in [-0.2, 0) is 9.59 Å². The largest absolute Gasteiger partial charge is 0.363 e. The normalized spacial score (nSPS) is 8.75. The lowest BCUT2D eigenvalue weighted by Gasteiger charge is -2.05. The van der Waals surface area contributed by atoms with Crippen molar-refractivity contribution in [1.29, 1.82) is 5.41 Å². The van der Waals surface area contributed by atoms with E-state index >= 15 is 0 Å².